The number of carbonyl (C=O) groups is 3. The molecule has 8 heteroatoms. The first-order valence-corrected chi connectivity index (χ1v) is 11.3. The zero-order chi connectivity index (χ0) is 23.2. The molecule has 0 spiro atoms. The minimum Gasteiger partial charge on any atom is -0.351 e. The van der Waals surface area contributed by atoms with Gasteiger partial charge in [0.05, 0.1) is 21.7 Å². The Balaban J connectivity index is 1.42. The fourth-order valence-corrected chi connectivity index (χ4v) is 3.92. The molecule has 0 atom stereocenters. The number of benzene rings is 2. The first-order valence-electron chi connectivity index (χ1n) is 10.4. The molecule has 166 valence electrons. The molecule has 4 rings (SSSR count). The highest BCUT2D eigenvalue weighted by Crippen LogP contribution is 2.25. The normalized spacial score (nSPS) is 10.6. The Hall–Kier alpha value is -4.04. The van der Waals surface area contributed by atoms with E-state index in [1.54, 1.807) is 18.2 Å². The number of nitrogens with one attached hydrogen (secondary N) is 3. The second-order valence-electron chi connectivity index (χ2n) is 7.42. The largest absolute Gasteiger partial charge is 0.351 e. The predicted molar refractivity (Wildman–Crippen MR) is 129 cm³/mol. The predicted octanol–water partition coefficient (Wildman–Crippen LogP) is 3.85. The second kappa shape index (κ2) is 10.1. The first kappa shape index (κ1) is 22.2. The monoisotopic (exact) mass is 458 g/mol. The van der Waals surface area contributed by atoms with E-state index in [2.05, 4.69) is 21.2 Å². The van der Waals surface area contributed by atoms with E-state index in [-0.39, 0.29) is 18.9 Å². The first-order chi connectivity index (χ1) is 16.0. The molecule has 0 radical (unpaired) electrons. The van der Waals surface area contributed by atoms with Crippen LogP contribution >= 0.6 is 11.3 Å². The van der Waals surface area contributed by atoms with E-state index in [0.717, 1.165) is 11.1 Å². The summed E-state index contributed by atoms with van der Waals surface area (Å²) < 4.78 is 0. The van der Waals surface area contributed by atoms with Crippen LogP contribution in [0.1, 0.15) is 32.0 Å². The second-order valence-corrected chi connectivity index (χ2v) is 8.37. The quantitative estimate of drug-likeness (QED) is 0.382. The van der Waals surface area contributed by atoms with E-state index in [0.29, 0.717) is 27.0 Å². The van der Waals surface area contributed by atoms with Gasteiger partial charge >= 0.3 is 0 Å². The number of thiophene rings is 1. The number of pyridine rings is 1. The third-order valence-electron chi connectivity index (χ3n) is 5.01. The maximum Gasteiger partial charge on any atom is 0.270 e. The molecule has 0 fully saturated rings. The van der Waals surface area contributed by atoms with Gasteiger partial charge in [-0.05, 0) is 30.5 Å². The summed E-state index contributed by atoms with van der Waals surface area (Å²) in [4.78, 5) is 42.2. The SMILES string of the molecule is Cc1ccc(-c2cc(C(=O)NNC(=O)CCNC(=O)c3cccs3)c3ccccc3n2)cc1. The summed E-state index contributed by atoms with van der Waals surface area (Å²) in [5, 5.41) is 5.17. The van der Waals surface area contributed by atoms with Crippen molar-refractivity contribution in [1.82, 2.24) is 21.2 Å². The van der Waals surface area contributed by atoms with Gasteiger partial charge in [-0.3, -0.25) is 25.2 Å². The minimum atomic E-state index is -0.446. The molecule has 4 aromatic rings. The summed E-state index contributed by atoms with van der Waals surface area (Å²) in [6.45, 7) is 2.17. The average molecular weight is 459 g/mol. The van der Waals surface area contributed by atoms with Gasteiger partial charge in [0, 0.05) is 23.9 Å². The number of para-hydroxylation sites is 1. The standard InChI is InChI=1S/C25H22N4O3S/c1-16-8-10-17(11-9-16)21-15-19(18-5-2-3-6-20(18)27-21)24(31)29-28-23(30)12-13-26-25(32)22-7-4-14-33-22/h2-11,14-15H,12-13H2,1H3,(H,26,32)(H,28,30)(H,29,31). The maximum absolute atomic E-state index is 12.9. The number of amides is 3. The minimum absolute atomic E-state index is 0.0309. The molecule has 0 unspecified atom stereocenters. The van der Waals surface area contributed by atoms with Crippen molar-refractivity contribution in [1.29, 1.82) is 0 Å². The Morgan fingerprint density at radius 2 is 1.70 bits per heavy atom. The van der Waals surface area contributed by atoms with E-state index >= 15 is 0 Å². The maximum atomic E-state index is 12.9. The van der Waals surface area contributed by atoms with Crippen LogP contribution in [0, 0.1) is 6.92 Å². The molecule has 0 aliphatic heterocycles. The van der Waals surface area contributed by atoms with Gasteiger partial charge in [0.25, 0.3) is 11.8 Å². The van der Waals surface area contributed by atoms with Crippen LogP contribution < -0.4 is 16.2 Å². The molecule has 0 saturated heterocycles. The van der Waals surface area contributed by atoms with Crippen molar-refractivity contribution in [3.8, 4) is 11.3 Å². The molecule has 33 heavy (non-hydrogen) atoms. The van der Waals surface area contributed by atoms with Crippen LogP contribution in [0.15, 0.2) is 72.1 Å². The molecule has 7 nitrogen and oxygen atoms in total. The summed E-state index contributed by atoms with van der Waals surface area (Å²) in [6, 6.07) is 20.5. The summed E-state index contributed by atoms with van der Waals surface area (Å²) in [6.07, 6.45) is 0.0309. The lowest BCUT2D eigenvalue weighted by molar-refractivity contribution is -0.121. The molecule has 0 aliphatic carbocycles. The number of aromatic nitrogens is 1. The summed E-state index contributed by atoms with van der Waals surface area (Å²) in [5.74, 6) is -1.08. The summed E-state index contributed by atoms with van der Waals surface area (Å²) >= 11 is 1.33. The summed E-state index contributed by atoms with van der Waals surface area (Å²) in [5.41, 5.74) is 8.66. The van der Waals surface area contributed by atoms with Gasteiger partial charge in [0.2, 0.25) is 5.91 Å². The number of hydrazine groups is 1. The Kier molecular flexibility index (Phi) is 6.75. The van der Waals surface area contributed by atoms with E-state index in [1.165, 1.54) is 11.3 Å². The van der Waals surface area contributed by atoms with Crippen LogP contribution in [0.3, 0.4) is 0 Å². The van der Waals surface area contributed by atoms with Crippen LogP contribution in [0.5, 0.6) is 0 Å². The highest BCUT2D eigenvalue weighted by atomic mass is 32.1. The van der Waals surface area contributed by atoms with E-state index in [1.807, 2.05) is 60.8 Å². The third kappa shape index (κ3) is 5.42. The Morgan fingerprint density at radius 3 is 2.45 bits per heavy atom. The van der Waals surface area contributed by atoms with Crippen LogP contribution in [-0.4, -0.2) is 29.3 Å². The van der Waals surface area contributed by atoms with Crippen LogP contribution in [0.25, 0.3) is 22.2 Å². The van der Waals surface area contributed by atoms with Crippen molar-refractivity contribution in [2.24, 2.45) is 0 Å². The van der Waals surface area contributed by atoms with Gasteiger partial charge in [-0.25, -0.2) is 4.98 Å². The molecule has 0 saturated carbocycles. The number of nitrogens with zero attached hydrogens (tertiary/aromatic N) is 1. The smallest absolute Gasteiger partial charge is 0.270 e. The van der Waals surface area contributed by atoms with Gasteiger partial charge in [0.1, 0.15) is 0 Å². The van der Waals surface area contributed by atoms with Crippen LogP contribution in [-0.2, 0) is 4.79 Å². The Morgan fingerprint density at radius 1 is 0.909 bits per heavy atom. The fraction of sp³-hybridized carbons (Fsp3) is 0.120. The van der Waals surface area contributed by atoms with Gasteiger partial charge in [-0.1, -0.05) is 54.1 Å². The van der Waals surface area contributed by atoms with Crippen LogP contribution in [0.4, 0.5) is 0 Å². The molecule has 2 aromatic heterocycles. The van der Waals surface area contributed by atoms with Gasteiger partial charge < -0.3 is 5.32 Å². The molecule has 2 aromatic carbocycles. The van der Waals surface area contributed by atoms with Gasteiger partial charge in [0.15, 0.2) is 0 Å². The van der Waals surface area contributed by atoms with Crippen molar-refractivity contribution in [3.05, 3.63) is 88.1 Å². The van der Waals surface area contributed by atoms with Crippen molar-refractivity contribution in [3.63, 3.8) is 0 Å². The lowest BCUT2D eigenvalue weighted by atomic mass is 10.0. The lowest BCUT2D eigenvalue weighted by Gasteiger charge is -2.12. The van der Waals surface area contributed by atoms with E-state index < -0.39 is 11.8 Å². The molecule has 3 amide bonds. The topological polar surface area (TPSA) is 100 Å². The number of rotatable bonds is 6. The van der Waals surface area contributed by atoms with Gasteiger partial charge in [-0.2, -0.15) is 0 Å². The molecular weight excluding hydrogens is 436 g/mol. The zero-order valence-electron chi connectivity index (χ0n) is 17.9. The van der Waals surface area contributed by atoms with Crippen molar-refractivity contribution in [2.75, 3.05) is 6.54 Å². The van der Waals surface area contributed by atoms with Gasteiger partial charge in [-0.15, -0.1) is 11.3 Å². The Bertz CT molecular complexity index is 1300. The van der Waals surface area contributed by atoms with Crippen molar-refractivity contribution < 1.29 is 14.4 Å². The molecule has 0 aliphatic rings. The van der Waals surface area contributed by atoms with Crippen LogP contribution in [0.2, 0.25) is 0 Å². The number of fused-ring (bicyclic) bond motifs is 1. The number of aryl methyl sites for hydroxylation is 1. The van der Waals surface area contributed by atoms with E-state index in [9.17, 15) is 14.4 Å². The number of carbonyl (C=O) groups excluding carboxylic acids is 3. The highest BCUT2D eigenvalue weighted by Gasteiger charge is 2.15. The van der Waals surface area contributed by atoms with E-state index in [4.69, 9.17) is 0 Å². The highest BCUT2D eigenvalue weighted by molar-refractivity contribution is 7.12. The van der Waals surface area contributed by atoms with Crippen molar-refractivity contribution in [2.45, 2.75) is 13.3 Å². The lowest BCUT2D eigenvalue weighted by Crippen LogP contribution is -2.42. The molecule has 2 heterocycles. The number of hydrogen-bond donors (Lipinski definition) is 3. The zero-order valence-corrected chi connectivity index (χ0v) is 18.7. The number of hydrogen-bond acceptors (Lipinski definition) is 5. The third-order valence-corrected chi connectivity index (χ3v) is 5.87. The molecular formula is C25H22N4O3S. The fourth-order valence-electron chi connectivity index (χ4n) is 3.28. The summed E-state index contributed by atoms with van der Waals surface area (Å²) in [7, 11) is 0. The Labute approximate surface area is 194 Å². The average Bonchev–Trinajstić information content (AvgIpc) is 3.37. The molecule has 3 N–H and O–H groups in total. The van der Waals surface area contributed by atoms with Crippen molar-refractivity contribution >= 4 is 40.0 Å². The molecule has 0 bridgehead atoms.